The third-order valence-electron chi connectivity index (χ3n) is 1.86. The molecule has 0 saturated heterocycles. The lowest BCUT2D eigenvalue weighted by Gasteiger charge is -2.09. The molecule has 0 spiro atoms. The minimum Gasteiger partial charge on any atom is -0.390 e. The van der Waals surface area contributed by atoms with E-state index >= 15 is 0 Å². The maximum atomic E-state index is 9.63. The molecule has 0 radical (unpaired) electrons. The molecule has 1 atom stereocenters. The van der Waals surface area contributed by atoms with Crippen molar-refractivity contribution in [2.24, 2.45) is 0 Å². The smallest absolute Gasteiger partial charge is 0.174 e. The van der Waals surface area contributed by atoms with Gasteiger partial charge in [0.05, 0.1) is 12.7 Å². The predicted octanol–water partition coefficient (Wildman–Crippen LogP) is 2.12. The molecule has 1 heterocycles. The van der Waals surface area contributed by atoms with Crippen molar-refractivity contribution in [2.45, 2.75) is 37.1 Å². The highest BCUT2D eigenvalue weighted by molar-refractivity contribution is 8.01. The van der Waals surface area contributed by atoms with E-state index in [0.29, 0.717) is 12.4 Å². The second-order valence-electron chi connectivity index (χ2n) is 3.48. The number of ether oxygens (including phenoxy) is 1. The molecule has 6 heteroatoms. The highest BCUT2D eigenvalue weighted by Crippen LogP contribution is 2.22. The molecule has 1 rings (SSSR count). The van der Waals surface area contributed by atoms with Gasteiger partial charge in [-0.2, -0.15) is 0 Å². The van der Waals surface area contributed by atoms with E-state index in [1.54, 1.807) is 11.3 Å². The Bertz CT molecular complexity index is 294. The Morgan fingerprint density at radius 3 is 2.94 bits per heavy atom. The van der Waals surface area contributed by atoms with Crippen molar-refractivity contribution < 1.29 is 9.84 Å². The van der Waals surface area contributed by atoms with Gasteiger partial charge in [0.15, 0.2) is 4.34 Å². The van der Waals surface area contributed by atoms with Crippen LogP contribution in [-0.4, -0.2) is 40.4 Å². The highest BCUT2D eigenvalue weighted by Gasteiger charge is 2.07. The summed E-state index contributed by atoms with van der Waals surface area (Å²) in [4.78, 5) is 0. The number of hydrogen-bond donors (Lipinski definition) is 1. The molecule has 0 aliphatic carbocycles. The second kappa shape index (κ2) is 8.00. The van der Waals surface area contributed by atoms with Crippen molar-refractivity contribution in [3.63, 3.8) is 0 Å². The van der Waals surface area contributed by atoms with E-state index in [9.17, 15) is 5.11 Å². The summed E-state index contributed by atoms with van der Waals surface area (Å²) in [5.41, 5.74) is 0. The molecule has 1 aromatic heterocycles. The fourth-order valence-corrected chi connectivity index (χ4v) is 2.77. The fourth-order valence-electron chi connectivity index (χ4n) is 1.02. The molecule has 0 aliphatic rings. The van der Waals surface area contributed by atoms with Crippen molar-refractivity contribution in [2.75, 3.05) is 19.0 Å². The molecule has 1 N–H and O–H groups in total. The van der Waals surface area contributed by atoms with Crippen LogP contribution in [0.5, 0.6) is 0 Å². The van der Waals surface area contributed by atoms with Crippen LogP contribution in [0.2, 0.25) is 0 Å². The molecule has 1 aromatic rings. The monoisotopic (exact) mass is 262 g/mol. The maximum Gasteiger partial charge on any atom is 0.174 e. The lowest BCUT2D eigenvalue weighted by molar-refractivity contribution is 0.0473. The first kappa shape index (κ1) is 13.9. The van der Waals surface area contributed by atoms with Crippen LogP contribution in [0.4, 0.5) is 0 Å². The first-order valence-electron chi connectivity index (χ1n) is 5.41. The highest BCUT2D eigenvalue weighted by atomic mass is 32.2. The summed E-state index contributed by atoms with van der Waals surface area (Å²) in [5.74, 6) is 0.612. The molecule has 92 valence electrons. The molecular weight excluding hydrogens is 244 g/mol. The van der Waals surface area contributed by atoms with E-state index in [0.717, 1.165) is 28.8 Å². The zero-order valence-corrected chi connectivity index (χ0v) is 11.3. The van der Waals surface area contributed by atoms with E-state index in [1.807, 2.05) is 6.92 Å². The largest absolute Gasteiger partial charge is 0.390 e. The number of aryl methyl sites for hydroxylation is 1. The fraction of sp³-hybridized carbons (Fsp3) is 0.800. The quantitative estimate of drug-likeness (QED) is 0.574. The SMILES string of the molecule is CCCCOCC(O)CSc1nnc(C)s1. The summed E-state index contributed by atoms with van der Waals surface area (Å²) in [6.45, 7) is 5.18. The lowest BCUT2D eigenvalue weighted by Crippen LogP contribution is -2.18. The number of nitrogens with zero attached hydrogens (tertiary/aromatic N) is 2. The van der Waals surface area contributed by atoms with Crippen LogP contribution in [0.25, 0.3) is 0 Å². The van der Waals surface area contributed by atoms with Crippen LogP contribution < -0.4 is 0 Å². The van der Waals surface area contributed by atoms with Crippen molar-refractivity contribution in [3.8, 4) is 0 Å². The van der Waals surface area contributed by atoms with E-state index in [-0.39, 0.29) is 0 Å². The normalized spacial score (nSPS) is 12.9. The average Bonchev–Trinajstić information content (AvgIpc) is 2.68. The summed E-state index contributed by atoms with van der Waals surface area (Å²) in [5, 5.41) is 18.5. The van der Waals surface area contributed by atoms with Crippen LogP contribution in [-0.2, 0) is 4.74 Å². The third-order valence-corrected chi connectivity index (χ3v) is 3.98. The van der Waals surface area contributed by atoms with Crippen LogP contribution in [0.15, 0.2) is 4.34 Å². The first-order valence-corrected chi connectivity index (χ1v) is 7.21. The van der Waals surface area contributed by atoms with Gasteiger partial charge in [0, 0.05) is 12.4 Å². The zero-order valence-electron chi connectivity index (χ0n) is 9.68. The van der Waals surface area contributed by atoms with Crippen LogP contribution >= 0.6 is 23.1 Å². The maximum absolute atomic E-state index is 9.63. The topological polar surface area (TPSA) is 55.2 Å². The number of aliphatic hydroxyl groups excluding tert-OH is 1. The summed E-state index contributed by atoms with van der Waals surface area (Å²) in [6.07, 6.45) is 1.75. The van der Waals surface area contributed by atoms with Crippen LogP contribution in [0.1, 0.15) is 24.8 Å². The zero-order chi connectivity index (χ0) is 11.8. The summed E-state index contributed by atoms with van der Waals surface area (Å²) in [7, 11) is 0. The summed E-state index contributed by atoms with van der Waals surface area (Å²) >= 11 is 3.08. The van der Waals surface area contributed by atoms with Crippen LogP contribution in [0.3, 0.4) is 0 Å². The average molecular weight is 262 g/mol. The molecular formula is C10H18N2O2S2. The molecule has 0 aromatic carbocycles. The predicted molar refractivity (Wildman–Crippen MR) is 67.1 cm³/mol. The Labute approximate surface area is 104 Å². The number of unbranched alkanes of at least 4 members (excludes halogenated alkanes) is 1. The molecule has 0 bridgehead atoms. The van der Waals surface area contributed by atoms with Gasteiger partial charge in [-0.1, -0.05) is 36.4 Å². The molecule has 16 heavy (non-hydrogen) atoms. The van der Waals surface area contributed by atoms with Gasteiger partial charge in [0.1, 0.15) is 5.01 Å². The Kier molecular flexibility index (Phi) is 6.95. The molecule has 0 aliphatic heterocycles. The van der Waals surface area contributed by atoms with Gasteiger partial charge in [0.2, 0.25) is 0 Å². The van der Waals surface area contributed by atoms with E-state index in [2.05, 4.69) is 17.1 Å². The summed E-state index contributed by atoms with van der Waals surface area (Å²) in [6, 6.07) is 0. The summed E-state index contributed by atoms with van der Waals surface area (Å²) < 4.78 is 6.24. The first-order chi connectivity index (χ1) is 7.72. The Hall–Kier alpha value is -0.170. The molecule has 0 amide bonds. The van der Waals surface area contributed by atoms with Gasteiger partial charge in [-0.3, -0.25) is 0 Å². The van der Waals surface area contributed by atoms with Gasteiger partial charge < -0.3 is 9.84 Å². The van der Waals surface area contributed by atoms with Crippen molar-refractivity contribution >= 4 is 23.1 Å². The van der Waals surface area contributed by atoms with E-state index in [1.165, 1.54) is 11.8 Å². The molecule has 4 nitrogen and oxygen atoms in total. The van der Waals surface area contributed by atoms with Gasteiger partial charge >= 0.3 is 0 Å². The lowest BCUT2D eigenvalue weighted by atomic mass is 10.3. The third kappa shape index (κ3) is 5.79. The van der Waals surface area contributed by atoms with Gasteiger partial charge in [-0.05, 0) is 13.3 Å². The van der Waals surface area contributed by atoms with Crippen molar-refractivity contribution in [1.82, 2.24) is 10.2 Å². The van der Waals surface area contributed by atoms with Gasteiger partial charge in [-0.15, -0.1) is 10.2 Å². The number of rotatable bonds is 8. The van der Waals surface area contributed by atoms with Crippen molar-refractivity contribution in [3.05, 3.63) is 5.01 Å². The molecule has 0 fully saturated rings. The van der Waals surface area contributed by atoms with E-state index in [4.69, 9.17) is 4.74 Å². The number of hydrogen-bond acceptors (Lipinski definition) is 6. The number of aromatic nitrogens is 2. The van der Waals surface area contributed by atoms with Crippen LogP contribution in [0, 0.1) is 6.92 Å². The standard InChI is InChI=1S/C10H18N2O2S2/c1-3-4-5-14-6-9(13)7-15-10-12-11-8(2)16-10/h9,13H,3-7H2,1-2H3. The minimum atomic E-state index is -0.425. The molecule has 1 unspecified atom stereocenters. The number of aliphatic hydroxyl groups is 1. The van der Waals surface area contributed by atoms with Gasteiger partial charge in [0.25, 0.3) is 0 Å². The molecule has 0 saturated carbocycles. The Morgan fingerprint density at radius 2 is 2.31 bits per heavy atom. The van der Waals surface area contributed by atoms with Gasteiger partial charge in [-0.25, -0.2) is 0 Å². The number of thioether (sulfide) groups is 1. The Balaban J connectivity index is 2.08. The second-order valence-corrected chi connectivity index (χ2v) is 5.93. The minimum absolute atomic E-state index is 0.408. The Morgan fingerprint density at radius 1 is 1.50 bits per heavy atom. The van der Waals surface area contributed by atoms with Crippen molar-refractivity contribution in [1.29, 1.82) is 0 Å². The van der Waals surface area contributed by atoms with E-state index < -0.39 is 6.10 Å².